The lowest BCUT2D eigenvalue weighted by Crippen LogP contribution is -2.01. The molecule has 0 aliphatic heterocycles. The number of fused-ring (bicyclic) bond motifs is 1. The van der Waals surface area contributed by atoms with Crippen molar-refractivity contribution in [3.63, 3.8) is 0 Å². The number of aromatic nitrogens is 6. The van der Waals surface area contributed by atoms with Crippen molar-refractivity contribution in [1.82, 2.24) is 29.9 Å². The van der Waals surface area contributed by atoms with Crippen LogP contribution in [0.15, 0.2) is 30.9 Å². The quantitative estimate of drug-likeness (QED) is 0.591. The van der Waals surface area contributed by atoms with E-state index >= 15 is 0 Å². The second-order valence-corrected chi connectivity index (χ2v) is 3.40. The van der Waals surface area contributed by atoms with Crippen LogP contribution in [-0.4, -0.2) is 29.9 Å². The third kappa shape index (κ3) is 1.31. The maximum Gasteiger partial charge on any atom is 0.178 e. The Balaban J connectivity index is 2.30. The molecule has 3 heterocycles. The SMILES string of the molecule is Clc1ncnc2c1cnn2-c1cccnn1. The number of hydrogen-bond donors (Lipinski definition) is 0. The minimum absolute atomic E-state index is 0.375. The van der Waals surface area contributed by atoms with Gasteiger partial charge in [0.25, 0.3) is 0 Å². The lowest BCUT2D eigenvalue weighted by Gasteiger charge is -1.99. The van der Waals surface area contributed by atoms with Gasteiger partial charge in [0, 0.05) is 6.20 Å². The first-order valence-corrected chi connectivity index (χ1v) is 4.86. The predicted molar refractivity (Wildman–Crippen MR) is 57.3 cm³/mol. The molecular formula is C9H5ClN6. The van der Waals surface area contributed by atoms with Gasteiger partial charge in [-0.25, -0.2) is 9.97 Å². The van der Waals surface area contributed by atoms with Gasteiger partial charge in [0.05, 0.1) is 11.6 Å². The first kappa shape index (κ1) is 9.17. The average molecular weight is 233 g/mol. The second-order valence-electron chi connectivity index (χ2n) is 3.04. The first-order valence-electron chi connectivity index (χ1n) is 4.48. The van der Waals surface area contributed by atoms with E-state index in [1.165, 1.54) is 6.33 Å². The van der Waals surface area contributed by atoms with E-state index in [1.807, 2.05) is 0 Å². The smallest absolute Gasteiger partial charge is 0.178 e. The van der Waals surface area contributed by atoms with Gasteiger partial charge in [-0.2, -0.15) is 14.9 Å². The summed E-state index contributed by atoms with van der Waals surface area (Å²) in [4.78, 5) is 7.99. The van der Waals surface area contributed by atoms with E-state index in [4.69, 9.17) is 11.6 Å². The zero-order valence-electron chi connectivity index (χ0n) is 7.95. The summed E-state index contributed by atoms with van der Waals surface area (Å²) >= 11 is 5.92. The molecule has 0 fully saturated rings. The van der Waals surface area contributed by atoms with Crippen molar-refractivity contribution in [1.29, 1.82) is 0 Å². The van der Waals surface area contributed by atoms with Crippen LogP contribution in [0.2, 0.25) is 5.15 Å². The van der Waals surface area contributed by atoms with Crippen molar-refractivity contribution in [2.24, 2.45) is 0 Å². The van der Waals surface area contributed by atoms with Crippen LogP contribution in [0.25, 0.3) is 16.9 Å². The van der Waals surface area contributed by atoms with Crippen molar-refractivity contribution in [3.8, 4) is 5.82 Å². The highest BCUT2D eigenvalue weighted by molar-refractivity contribution is 6.33. The molecule has 0 bridgehead atoms. The maximum absolute atomic E-state index is 5.92. The molecule has 0 radical (unpaired) electrons. The van der Waals surface area contributed by atoms with Crippen LogP contribution in [0.1, 0.15) is 0 Å². The minimum Gasteiger partial charge on any atom is -0.224 e. The van der Waals surface area contributed by atoms with Gasteiger partial charge in [0.15, 0.2) is 11.5 Å². The molecule has 78 valence electrons. The van der Waals surface area contributed by atoms with Crippen molar-refractivity contribution >= 4 is 22.6 Å². The molecule has 16 heavy (non-hydrogen) atoms. The molecule has 3 rings (SSSR count). The predicted octanol–water partition coefficient (Wildman–Crippen LogP) is 1.26. The van der Waals surface area contributed by atoms with Crippen molar-refractivity contribution in [3.05, 3.63) is 36.0 Å². The summed E-state index contributed by atoms with van der Waals surface area (Å²) < 4.78 is 1.57. The summed E-state index contributed by atoms with van der Waals surface area (Å²) in [7, 11) is 0. The Labute approximate surface area is 94.9 Å². The molecule has 0 aromatic carbocycles. The molecule has 0 saturated carbocycles. The Bertz CT molecular complexity index is 635. The monoisotopic (exact) mass is 232 g/mol. The molecule has 0 N–H and O–H groups in total. The molecular weight excluding hydrogens is 228 g/mol. The van der Waals surface area contributed by atoms with E-state index in [1.54, 1.807) is 29.2 Å². The second kappa shape index (κ2) is 3.49. The highest BCUT2D eigenvalue weighted by Crippen LogP contribution is 2.19. The van der Waals surface area contributed by atoms with E-state index in [9.17, 15) is 0 Å². The van der Waals surface area contributed by atoms with Gasteiger partial charge in [-0.05, 0) is 12.1 Å². The molecule has 0 saturated heterocycles. The molecule has 6 nitrogen and oxygen atoms in total. The van der Waals surface area contributed by atoms with E-state index in [2.05, 4.69) is 25.3 Å². The molecule has 3 aromatic rings. The molecule has 0 amide bonds. The van der Waals surface area contributed by atoms with Crippen LogP contribution in [-0.2, 0) is 0 Å². The number of nitrogens with zero attached hydrogens (tertiary/aromatic N) is 6. The summed E-state index contributed by atoms with van der Waals surface area (Å²) in [6.07, 6.45) is 4.59. The zero-order chi connectivity index (χ0) is 11.0. The summed E-state index contributed by atoms with van der Waals surface area (Å²) in [5.74, 6) is 0.590. The van der Waals surface area contributed by atoms with Crippen LogP contribution < -0.4 is 0 Å². The fraction of sp³-hybridized carbons (Fsp3) is 0. The molecule has 0 unspecified atom stereocenters. The topological polar surface area (TPSA) is 69.4 Å². The van der Waals surface area contributed by atoms with Crippen LogP contribution in [0.5, 0.6) is 0 Å². The van der Waals surface area contributed by atoms with E-state index in [-0.39, 0.29) is 0 Å². The third-order valence-corrected chi connectivity index (χ3v) is 2.39. The van der Waals surface area contributed by atoms with E-state index in [0.717, 1.165) is 0 Å². The molecule has 3 aromatic heterocycles. The molecule has 0 atom stereocenters. The number of halogens is 1. The average Bonchev–Trinajstić information content (AvgIpc) is 2.75. The Morgan fingerprint density at radius 1 is 1.25 bits per heavy atom. The molecule has 0 aliphatic carbocycles. The largest absolute Gasteiger partial charge is 0.224 e. The fourth-order valence-electron chi connectivity index (χ4n) is 1.39. The Morgan fingerprint density at radius 2 is 2.19 bits per heavy atom. The Hall–Kier alpha value is -2.08. The van der Waals surface area contributed by atoms with Gasteiger partial charge in [-0.15, -0.1) is 5.10 Å². The maximum atomic E-state index is 5.92. The van der Waals surface area contributed by atoms with Crippen molar-refractivity contribution in [2.45, 2.75) is 0 Å². The molecule has 0 aliphatic rings. The lowest BCUT2D eigenvalue weighted by atomic mass is 10.4. The van der Waals surface area contributed by atoms with E-state index in [0.29, 0.717) is 22.0 Å². The van der Waals surface area contributed by atoms with Crippen LogP contribution in [0.3, 0.4) is 0 Å². The van der Waals surface area contributed by atoms with Gasteiger partial charge < -0.3 is 0 Å². The third-order valence-electron chi connectivity index (χ3n) is 2.09. The van der Waals surface area contributed by atoms with Gasteiger partial charge in [-0.3, -0.25) is 0 Å². The summed E-state index contributed by atoms with van der Waals surface area (Å²) in [5.41, 5.74) is 0.612. The van der Waals surface area contributed by atoms with E-state index < -0.39 is 0 Å². The number of rotatable bonds is 1. The summed E-state index contributed by atoms with van der Waals surface area (Å²) in [5, 5.41) is 12.9. The van der Waals surface area contributed by atoms with Crippen LogP contribution >= 0.6 is 11.6 Å². The van der Waals surface area contributed by atoms with Gasteiger partial charge in [0.2, 0.25) is 0 Å². The van der Waals surface area contributed by atoms with Crippen molar-refractivity contribution in [2.75, 3.05) is 0 Å². The number of hydrogen-bond acceptors (Lipinski definition) is 5. The van der Waals surface area contributed by atoms with Gasteiger partial charge >= 0.3 is 0 Å². The summed E-state index contributed by atoms with van der Waals surface area (Å²) in [6, 6.07) is 3.56. The highest BCUT2D eigenvalue weighted by atomic mass is 35.5. The molecule has 7 heteroatoms. The Morgan fingerprint density at radius 3 is 3.00 bits per heavy atom. The molecule has 0 spiro atoms. The van der Waals surface area contributed by atoms with Crippen molar-refractivity contribution < 1.29 is 0 Å². The lowest BCUT2D eigenvalue weighted by molar-refractivity contribution is 0.827. The zero-order valence-corrected chi connectivity index (χ0v) is 8.70. The highest BCUT2D eigenvalue weighted by Gasteiger charge is 2.09. The van der Waals surface area contributed by atoms with Gasteiger partial charge in [-0.1, -0.05) is 11.6 Å². The standard InChI is InChI=1S/C9H5ClN6/c10-8-6-4-14-16(9(6)12-5-11-8)7-2-1-3-13-15-7/h1-5H. The first-order chi connectivity index (χ1) is 7.86. The minimum atomic E-state index is 0.375. The fourth-order valence-corrected chi connectivity index (χ4v) is 1.57. The Kier molecular flexibility index (Phi) is 2.00. The van der Waals surface area contributed by atoms with Crippen LogP contribution in [0.4, 0.5) is 0 Å². The normalized spacial score (nSPS) is 10.8. The van der Waals surface area contributed by atoms with Crippen LogP contribution in [0, 0.1) is 0 Å². The summed E-state index contributed by atoms with van der Waals surface area (Å²) in [6.45, 7) is 0. The van der Waals surface area contributed by atoms with Gasteiger partial charge in [0.1, 0.15) is 11.5 Å².